The molecule has 31 N–H and O–H groups in total. The summed E-state index contributed by atoms with van der Waals surface area (Å²) in [6.07, 6.45) is -93.6. The first-order chi connectivity index (χ1) is 57.1. The van der Waals surface area contributed by atoms with Gasteiger partial charge in [-0.1, -0.05) is 0 Å². The molecule has 53 heteroatoms. The summed E-state index contributed by atoms with van der Waals surface area (Å²) >= 11 is 0. The van der Waals surface area contributed by atoms with E-state index in [1.807, 2.05) is 0 Å². The third-order valence-corrected chi connectivity index (χ3v) is 22.0. The molecule has 49 atom stereocenters. The van der Waals surface area contributed by atoms with Gasteiger partial charge in [0.25, 0.3) is 0 Å². The van der Waals surface area contributed by atoms with Crippen LogP contribution in [0.2, 0.25) is 0 Å². The highest BCUT2D eigenvalue weighted by Gasteiger charge is 2.61. The Bertz CT molecular complexity index is 3210. The molecule has 9 fully saturated rings. The van der Waals surface area contributed by atoms with Crippen LogP contribution >= 0.6 is 0 Å². The van der Waals surface area contributed by atoms with Crippen molar-refractivity contribution in [2.75, 3.05) is 59.5 Å². The number of rotatable bonds is 34. The zero-order valence-corrected chi connectivity index (χ0v) is 65.7. The van der Waals surface area contributed by atoms with Crippen LogP contribution in [0.15, 0.2) is 0 Å². The van der Waals surface area contributed by atoms with Crippen LogP contribution in [0.1, 0.15) is 41.5 Å². The summed E-state index contributed by atoms with van der Waals surface area (Å²) < 4.78 is 108. The monoisotopic (exact) mass is 1770 g/mol. The zero-order valence-electron chi connectivity index (χ0n) is 65.7. The normalized spacial score (nSPS) is 47.3. The number of hydrogen-bond acceptors (Lipinski definition) is 49. The van der Waals surface area contributed by atoms with Crippen molar-refractivity contribution >= 4 is 23.6 Å². The first-order valence-corrected chi connectivity index (χ1v) is 38.8. The SMILES string of the molecule is CC(=O)N[C@H]1[C@H](OC[C@@H](O)[C@H](O)[C@H](O[C@@H]2O[C@H](CO[C@@H]3O[C@H](CO)[C@@H](O[C@@H]4O[C@H](CO)[C@H](O)[C@H](O)[C@H]4O)[C@H](O[C@@H]4O[C@@H](C)[C@@H](O)[C@@H](O)[C@@H]4O)[C@H]3NC(C)=O)[C@H](O)[C@H](O[C@@H]3O[C@H](CO)[C@@H](O[C@@H]4O[C@H](CO)[C@H](O)[C@H](O)[C@H]4O)[C@H](O[C@@H]4O[C@@H](C)[C@@H](O)[C@@H](O)[C@@H]4O)[C@H]3NC(C)=O)[C@H]2O)[C@H](CO)NC(C)=O)O[C@H](CO)[C@@H](O[C@@H]2O[C@H](CO)[C@H](O)[C@H](O)[C@H]2O)[C@@H]1O. The number of ether oxygens (including phenoxy) is 18. The lowest BCUT2D eigenvalue weighted by molar-refractivity contribution is -0.390. The summed E-state index contributed by atoms with van der Waals surface area (Å²) in [5.74, 6) is -3.97. The van der Waals surface area contributed by atoms with E-state index in [1.54, 1.807) is 0 Å². The highest BCUT2D eigenvalue weighted by Crippen LogP contribution is 2.40. The third-order valence-electron chi connectivity index (χ3n) is 22.0. The van der Waals surface area contributed by atoms with Crippen LogP contribution < -0.4 is 21.3 Å². The predicted molar refractivity (Wildman–Crippen MR) is 375 cm³/mol. The molecule has 121 heavy (non-hydrogen) atoms. The molecule has 0 unspecified atom stereocenters. The van der Waals surface area contributed by atoms with Crippen LogP contribution in [-0.4, -0.2) is 521 Å². The van der Waals surface area contributed by atoms with E-state index in [0.717, 1.165) is 27.7 Å². The van der Waals surface area contributed by atoms with Gasteiger partial charge in [0.05, 0.1) is 77.7 Å². The minimum atomic E-state index is -2.68. The van der Waals surface area contributed by atoms with Gasteiger partial charge in [-0.25, -0.2) is 0 Å². The van der Waals surface area contributed by atoms with Crippen LogP contribution in [-0.2, 0) is 104 Å². The van der Waals surface area contributed by atoms with E-state index in [9.17, 15) is 157 Å². The Labute approximate surface area is 686 Å². The van der Waals surface area contributed by atoms with E-state index in [1.165, 1.54) is 13.8 Å². The Morgan fingerprint density at radius 1 is 0.306 bits per heavy atom. The molecular formula is C68H116N4O49. The molecule has 0 aromatic carbocycles. The highest BCUT2D eigenvalue weighted by atomic mass is 16.8. The Hall–Kier alpha value is -3.92. The number of aliphatic hydroxyl groups is 27. The quantitative estimate of drug-likeness (QED) is 0.0284. The van der Waals surface area contributed by atoms with Gasteiger partial charge in [0.1, 0.15) is 226 Å². The van der Waals surface area contributed by atoms with Gasteiger partial charge in [-0.3, -0.25) is 19.2 Å². The molecule has 0 bridgehead atoms. The predicted octanol–water partition coefficient (Wildman–Crippen LogP) is -20.5. The molecule has 0 saturated carbocycles. The number of carbonyl (C=O) groups is 4. The second-order valence-electron chi connectivity index (χ2n) is 30.7. The van der Waals surface area contributed by atoms with Gasteiger partial charge in [-0.05, 0) is 13.8 Å². The van der Waals surface area contributed by atoms with Crippen molar-refractivity contribution in [1.82, 2.24) is 21.3 Å². The molecule has 0 radical (unpaired) electrons. The number of amides is 4. The van der Waals surface area contributed by atoms with Crippen LogP contribution in [0.3, 0.4) is 0 Å². The summed E-state index contributed by atoms with van der Waals surface area (Å²) in [6.45, 7) is -4.21. The number of aliphatic hydroxyl groups excluding tert-OH is 27. The van der Waals surface area contributed by atoms with E-state index in [4.69, 9.17) is 85.3 Å². The highest BCUT2D eigenvalue weighted by molar-refractivity contribution is 5.74. The van der Waals surface area contributed by atoms with E-state index < -0.39 is 384 Å². The minimum Gasteiger partial charge on any atom is -0.394 e. The van der Waals surface area contributed by atoms with Crippen LogP contribution in [0.25, 0.3) is 0 Å². The van der Waals surface area contributed by atoms with Crippen molar-refractivity contribution in [2.24, 2.45) is 0 Å². The van der Waals surface area contributed by atoms with Gasteiger partial charge in [-0.15, -0.1) is 0 Å². The number of carbonyl (C=O) groups excluding carboxylic acids is 4. The van der Waals surface area contributed by atoms with Crippen molar-refractivity contribution < 1.29 is 242 Å². The first kappa shape index (κ1) is 101. The smallest absolute Gasteiger partial charge is 0.217 e. The maximum absolute atomic E-state index is 13.6. The van der Waals surface area contributed by atoms with Crippen LogP contribution in [0.5, 0.6) is 0 Å². The largest absolute Gasteiger partial charge is 0.394 e. The van der Waals surface area contributed by atoms with Gasteiger partial charge >= 0.3 is 0 Å². The summed E-state index contributed by atoms with van der Waals surface area (Å²) in [4.78, 5) is 53.0. The molecule has 9 rings (SSSR count). The topological polar surface area (TPSA) is 829 Å². The zero-order chi connectivity index (χ0) is 89.5. The molecule has 0 aromatic heterocycles. The third kappa shape index (κ3) is 23.0. The van der Waals surface area contributed by atoms with Crippen LogP contribution in [0, 0.1) is 0 Å². The lowest BCUT2D eigenvalue weighted by Gasteiger charge is -2.52. The Morgan fingerprint density at radius 2 is 0.628 bits per heavy atom. The molecule has 0 aliphatic carbocycles. The molecule has 9 heterocycles. The van der Waals surface area contributed by atoms with E-state index in [0.29, 0.717) is 0 Å². The molecule has 9 aliphatic heterocycles. The second kappa shape index (κ2) is 44.4. The lowest BCUT2D eigenvalue weighted by Crippen LogP contribution is -2.71. The molecule has 53 nitrogen and oxygen atoms in total. The van der Waals surface area contributed by atoms with Gasteiger partial charge in [-0.2, -0.15) is 0 Å². The van der Waals surface area contributed by atoms with Crippen molar-refractivity contribution in [3.8, 4) is 0 Å². The Morgan fingerprint density at radius 3 is 1.02 bits per heavy atom. The first-order valence-electron chi connectivity index (χ1n) is 38.8. The minimum absolute atomic E-state index is 0.891. The number of hydrogen-bond donors (Lipinski definition) is 31. The van der Waals surface area contributed by atoms with E-state index >= 15 is 0 Å². The Balaban J connectivity index is 1.11. The van der Waals surface area contributed by atoms with Gasteiger partial charge in [0.2, 0.25) is 23.6 Å². The van der Waals surface area contributed by atoms with Crippen molar-refractivity contribution in [2.45, 2.75) is 342 Å². The maximum Gasteiger partial charge on any atom is 0.217 e. The van der Waals surface area contributed by atoms with Gasteiger partial charge < -0.3 is 244 Å². The lowest BCUT2D eigenvalue weighted by atomic mass is 9.93. The molecule has 0 aromatic rings. The van der Waals surface area contributed by atoms with Crippen molar-refractivity contribution in [3.63, 3.8) is 0 Å². The fraction of sp³-hybridized carbons (Fsp3) is 0.941. The van der Waals surface area contributed by atoms with Gasteiger partial charge in [0, 0.05) is 27.7 Å². The van der Waals surface area contributed by atoms with Crippen LogP contribution in [0.4, 0.5) is 0 Å². The van der Waals surface area contributed by atoms with E-state index in [2.05, 4.69) is 21.3 Å². The second-order valence-corrected chi connectivity index (χ2v) is 30.7. The molecule has 0 spiro atoms. The summed E-state index contributed by atoms with van der Waals surface area (Å²) in [7, 11) is 0. The fourth-order valence-electron chi connectivity index (χ4n) is 15.3. The molecule has 4 amide bonds. The standard InChI is InChI=1S/C68H116N4O49/c1-16-34(85)42(93)47(98)63(106-16)119-57-32(71-20(5)82)61(112-28(12-78)55(57)117-66-50(101)45(96)38(89)25(9-75)109-66)105-15-30-40(91)59(121-62-33(72-21(6)83)58(120-64-48(99)43(94)35(86)17(2)107-64)56(29(13-79)113-62)118-67-51(102)46(97)39(90)26(10-76)110-67)52(103)68(114-30)115-53(22(7-73)69-18(3)80)36(87)23(84)14-104-60-31(70-19(4)81)41(92)54(27(11-77)111-60)116-65-49(100)44(95)37(88)24(8-74)108-65/h16-17,22-68,73-79,84-103H,7-15H2,1-6H3,(H,69,80)(H,70,81)(H,71,82)(H,72,83)/t16-,17-,22-,23+,24+,25+,26+,27+,28+,29+,30+,31+,32+,33+,34+,35+,36-,37-,38-,39-,40-,41+,42+,43+,44-,45-,46-,47-,48-,49+,50+,51+,52+,53+,54+,55+,56+,57+,58+,59-,60+,61+,62-,63-,64-,65-,66-,67-,68-/m0/s1. The summed E-state index contributed by atoms with van der Waals surface area (Å²) in [5.41, 5.74) is 0. The van der Waals surface area contributed by atoms with Gasteiger partial charge in [0.15, 0.2) is 56.6 Å². The van der Waals surface area contributed by atoms with Crippen molar-refractivity contribution in [1.29, 1.82) is 0 Å². The summed E-state index contributed by atoms with van der Waals surface area (Å²) in [5, 5.41) is 309. The number of nitrogens with one attached hydrogen (secondary N) is 4. The summed E-state index contributed by atoms with van der Waals surface area (Å²) in [6, 6.07) is -7.91. The molecule has 702 valence electrons. The maximum atomic E-state index is 13.6. The average molecular weight is 1770 g/mol. The molecule has 9 aliphatic rings. The molecular weight excluding hydrogens is 1660 g/mol. The average Bonchev–Trinajstić information content (AvgIpc) is 0.762. The Kier molecular flexibility index (Phi) is 37.0. The fourth-order valence-corrected chi connectivity index (χ4v) is 15.3. The van der Waals surface area contributed by atoms with E-state index in [-0.39, 0.29) is 0 Å². The van der Waals surface area contributed by atoms with Crippen molar-refractivity contribution in [3.05, 3.63) is 0 Å². The molecule has 9 saturated heterocycles.